The molecule has 140 valence electrons. The number of halogens is 1. The summed E-state index contributed by atoms with van der Waals surface area (Å²) in [7, 11) is -3.28. The fourth-order valence-corrected chi connectivity index (χ4v) is 4.11. The van der Waals surface area contributed by atoms with Gasteiger partial charge in [-0.3, -0.25) is 0 Å². The van der Waals surface area contributed by atoms with Gasteiger partial charge in [-0.2, -0.15) is 0 Å². The van der Waals surface area contributed by atoms with E-state index in [0.29, 0.717) is 0 Å². The Bertz CT molecular complexity index is 1080. The van der Waals surface area contributed by atoms with Gasteiger partial charge in [0.25, 0.3) is 0 Å². The second-order valence-electron chi connectivity index (χ2n) is 6.60. The predicted molar refractivity (Wildman–Crippen MR) is 109 cm³/mol. The van der Waals surface area contributed by atoms with Crippen LogP contribution in [0.3, 0.4) is 0 Å². The van der Waals surface area contributed by atoms with E-state index in [0.717, 1.165) is 53.6 Å². The highest BCUT2D eigenvalue weighted by Crippen LogP contribution is 2.27. The van der Waals surface area contributed by atoms with Crippen LogP contribution in [0, 0.1) is 0 Å². The quantitative estimate of drug-likeness (QED) is 0.671. The van der Waals surface area contributed by atoms with Crippen LogP contribution >= 0.6 is 11.6 Å². The minimum Gasteiger partial charge on any atom is -0.368 e. The molecule has 0 N–H and O–H groups in total. The molecule has 4 rings (SSSR count). The molecule has 2 heterocycles. The standard InChI is InChI=1S/C19H19ClN4O2S/c1-27(25,26)16-6-7-18-17(12-16)19(22-13-21-18)24-10-8-23(9-11-24)15-4-2-14(20)3-5-15/h2-7,12-13H,8-11H2,1H3. The zero-order chi connectivity index (χ0) is 19.0. The highest BCUT2D eigenvalue weighted by molar-refractivity contribution is 7.90. The Morgan fingerprint density at radius 1 is 0.926 bits per heavy atom. The molecule has 0 saturated carbocycles. The Balaban J connectivity index is 1.61. The SMILES string of the molecule is CS(=O)(=O)c1ccc2ncnc(N3CCN(c4ccc(Cl)cc4)CC3)c2c1. The molecule has 0 aliphatic carbocycles. The van der Waals surface area contributed by atoms with Crippen LogP contribution < -0.4 is 9.80 Å². The third-order valence-corrected chi connectivity index (χ3v) is 6.15. The van der Waals surface area contributed by atoms with Crippen LogP contribution in [0.25, 0.3) is 10.9 Å². The molecule has 6 nitrogen and oxygen atoms in total. The Kier molecular flexibility index (Phi) is 4.65. The molecule has 1 aromatic heterocycles. The summed E-state index contributed by atoms with van der Waals surface area (Å²) < 4.78 is 23.8. The summed E-state index contributed by atoms with van der Waals surface area (Å²) in [5.41, 5.74) is 1.89. The van der Waals surface area contributed by atoms with Crippen molar-refractivity contribution in [2.24, 2.45) is 0 Å². The molecule has 0 atom stereocenters. The van der Waals surface area contributed by atoms with Gasteiger partial charge in [-0.25, -0.2) is 18.4 Å². The molecule has 2 aromatic carbocycles. The molecule has 1 saturated heterocycles. The molecule has 0 spiro atoms. The number of aromatic nitrogens is 2. The highest BCUT2D eigenvalue weighted by Gasteiger charge is 2.21. The summed E-state index contributed by atoms with van der Waals surface area (Å²) in [5.74, 6) is 0.779. The smallest absolute Gasteiger partial charge is 0.175 e. The highest BCUT2D eigenvalue weighted by atomic mass is 35.5. The molecule has 1 aliphatic heterocycles. The van der Waals surface area contributed by atoms with E-state index in [1.54, 1.807) is 18.2 Å². The van der Waals surface area contributed by atoms with Crippen LogP contribution in [0.1, 0.15) is 0 Å². The number of sulfone groups is 1. The van der Waals surface area contributed by atoms with Crippen LogP contribution in [-0.2, 0) is 9.84 Å². The maximum absolute atomic E-state index is 11.9. The zero-order valence-corrected chi connectivity index (χ0v) is 16.4. The Morgan fingerprint density at radius 3 is 2.26 bits per heavy atom. The van der Waals surface area contributed by atoms with E-state index in [2.05, 4.69) is 19.8 Å². The number of rotatable bonds is 3. The van der Waals surface area contributed by atoms with Gasteiger partial charge in [-0.15, -0.1) is 0 Å². The number of anilines is 2. The van der Waals surface area contributed by atoms with Gasteiger partial charge in [0.2, 0.25) is 0 Å². The van der Waals surface area contributed by atoms with Crippen LogP contribution in [0.4, 0.5) is 11.5 Å². The summed E-state index contributed by atoms with van der Waals surface area (Å²) >= 11 is 5.97. The third-order valence-electron chi connectivity index (χ3n) is 4.78. The number of piperazine rings is 1. The van der Waals surface area contributed by atoms with Gasteiger partial charge in [-0.05, 0) is 42.5 Å². The Labute approximate surface area is 163 Å². The maximum Gasteiger partial charge on any atom is 0.175 e. The minimum atomic E-state index is -3.28. The van der Waals surface area contributed by atoms with Gasteiger partial charge in [0.15, 0.2) is 9.84 Å². The van der Waals surface area contributed by atoms with E-state index in [9.17, 15) is 8.42 Å². The average molecular weight is 403 g/mol. The summed E-state index contributed by atoms with van der Waals surface area (Å²) in [5, 5.41) is 1.49. The van der Waals surface area contributed by atoms with Crippen molar-refractivity contribution in [2.45, 2.75) is 4.90 Å². The lowest BCUT2D eigenvalue weighted by molar-refractivity contribution is 0.602. The summed E-state index contributed by atoms with van der Waals surface area (Å²) in [6.45, 7) is 3.27. The lowest BCUT2D eigenvalue weighted by Gasteiger charge is -2.37. The van der Waals surface area contributed by atoms with E-state index in [1.165, 1.54) is 12.6 Å². The average Bonchev–Trinajstić information content (AvgIpc) is 2.67. The van der Waals surface area contributed by atoms with Crippen molar-refractivity contribution in [2.75, 3.05) is 42.2 Å². The van der Waals surface area contributed by atoms with Gasteiger partial charge in [0.05, 0.1) is 10.4 Å². The van der Waals surface area contributed by atoms with E-state index < -0.39 is 9.84 Å². The molecule has 0 unspecified atom stereocenters. The summed E-state index contributed by atoms with van der Waals surface area (Å²) in [6, 6.07) is 12.8. The zero-order valence-electron chi connectivity index (χ0n) is 14.8. The van der Waals surface area contributed by atoms with Crippen molar-refractivity contribution >= 4 is 43.8 Å². The van der Waals surface area contributed by atoms with Gasteiger partial charge < -0.3 is 9.80 Å². The molecule has 0 bridgehead atoms. The minimum absolute atomic E-state index is 0.283. The lowest BCUT2D eigenvalue weighted by atomic mass is 10.2. The van der Waals surface area contributed by atoms with Gasteiger partial charge >= 0.3 is 0 Å². The fourth-order valence-electron chi connectivity index (χ4n) is 3.33. The van der Waals surface area contributed by atoms with E-state index >= 15 is 0 Å². The number of benzene rings is 2. The van der Waals surface area contributed by atoms with E-state index in [1.807, 2.05) is 24.3 Å². The Hall–Kier alpha value is -2.38. The first-order valence-electron chi connectivity index (χ1n) is 8.62. The number of nitrogens with zero attached hydrogens (tertiary/aromatic N) is 4. The number of hydrogen-bond acceptors (Lipinski definition) is 6. The van der Waals surface area contributed by atoms with Crippen LogP contribution in [0.15, 0.2) is 53.7 Å². The normalized spacial score (nSPS) is 15.3. The van der Waals surface area contributed by atoms with Crippen molar-refractivity contribution in [1.82, 2.24) is 9.97 Å². The molecule has 1 fully saturated rings. The van der Waals surface area contributed by atoms with Crippen molar-refractivity contribution in [1.29, 1.82) is 0 Å². The van der Waals surface area contributed by atoms with Crippen molar-refractivity contribution in [3.63, 3.8) is 0 Å². The maximum atomic E-state index is 11.9. The van der Waals surface area contributed by atoms with Crippen molar-refractivity contribution in [3.05, 3.63) is 53.8 Å². The first-order valence-corrected chi connectivity index (χ1v) is 10.9. The monoisotopic (exact) mass is 402 g/mol. The molecule has 8 heteroatoms. The number of fused-ring (bicyclic) bond motifs is 1. The molecule has 3 aromatic rings. The van der Waals surface area contributed by atoms with E-state index in [-0.39, 0.29) is 4.90 Å². The first kappa shape index (κ1) is 18.0. The van der Waals surface area contributed by atoms with Crippen LogP contribution in [0.2, 0.25) is 5.02 Å². The topological polar surface area (TPSA) is 66.4 Å². The molecular formula is C19H19ClN4O2S. The van der Waals surface area contributed by atoms with Gasteiger partial charge in [-0.1, -0.05) is 11.6 Å². The Morgan fingerprint density at radius 2 is 1.59 bits per heavy atom. The van der Waals surface area contributed by atoms with Crippen molar-refractivity contribution in [3.8, 4) is 0 Å². The van der Waals surface area contributed by atoms with Gasteiger partial charge in [0, 0.05) is 48.5 Å². The van der Waals surface area contributed by atoms with Crippen molar-refractivity contribution < 1.29 is 8.42 Å². The molecule has 1 aliphatic rings. The molecular weight excluding hydrogens is 384 g/mol. The van der Waals surface area contributed by atoms with Crippen LogP contribution in [0.5, 0.6) is 0 Å². The first-order chi connectivity index (χ1) is 12.9. The van der Waals surface area contributed by atoms with Crippen LogP contribution in [-0.4, -0.2) is 50.8 Å². The molecule has 0 radical (unpaired) electrons. The number of hydrogen-bond donors (Lipinski definition) is 0. The second-order valence-corrected chi connectivity index (χ2v) is 9.05. The van der Waals surface area contributed by atoms with E-state index in [4.69, 9.17) is 11.6 Å². The summed E-state index contributed by atoms with van der Waals surface area (Å²) in [4.78, 5) is 13.5. The second kappa shape index (κ2) is 6.98. The third kappa shape index (κ3) is 3.70. The predicted octanol–water partition coefficient (Wildman–Crippen LogP) is 3.01. The molecule has 0 amide bonds. The largest absolute Gasteiger partial charge is 0.368 e. The summed E-state index contributed by atoms with van der Waals surface area (Å²) in [6.07, 6.45) is 2.74. The lowest BCUT2D eigenvalue weighted by Crippen LogP contribution is -2.46. The van der Waals surface area contributed by atoms with Gasteiger partial charge in [0.1, 0.15) is 12.1 Å². The molecule has 27 heavy (non-hydrogen) atoms. The fraction of sp³-hybridized carbons (Fsp3) is 0.263.